The number of anilines is 1. The molecule has 0 atom stereocenters. The van der Waals surface area contributed by atoms with E-state index in [1.165, 1.54) is 7.11 Å². The monoisotopic (exact) mass is 220 g/mol. The number of nitrogen functional groups attached to an aromatic ring is 1. The summed E-state index contributed by atoms with van der Waals surface area (Å²) < 4.78 is 6.35. The highest BCUT2D eigenvalue weighted by atomic mass is 16.5. The maximum atomic E-state index is 11.4. The number of nitrogens with one attached hydrogen (secondary N) is 1. The summed E-state index contributed by atoms with van der Waals surface area (Å²) in [6.07, 6.45) is 1.80. The van der Waals surface area contributed by atoms with Crippen LogP contribution in [0.3, 0.4) is 0 Å². The number of hydrogen-bond donors (Lipinski definition) is 2. The molecule has 2 aromatic heterocycles. The maximum Gasteiger partial charge on any atom is 0.354 e. The number of aryl methyl sites for hydroxylation is 1. The van der Waals surface area contributed by atoms with Crippen molar-refractivity contribution in [3.8, 4) is 11.3 Å². The summed E-state index contributed by atoms with van der Waals surface area (Å²) in [5.74, 6) is 0.0414. The predicted molar refractivity (Wildman–Crippen MR) is 58.7 cm³/mol. The molecule has 2 rings (SSSR count). The van der Waals surface area contributed by atoms with Gasteiger partial charge in [-0.1, -0.05) is 0 Å². The molecule has 0 spiro atoms. The van der Waals surface area contributed by atoms with Crippen molar-refractivity contribution >= 4 is 11.8 Å². The first-order valence-corrected chi connectivity index (χ1v) is 4.67. The molecule has 3 N–H and O–H groups in total. The fourth-order valence-electron chi connectivity index (χ4n) is 1.50. The van der Waals surface area contributed by atoms with Crippen molar-refractivity contribution in [2.45, 2.75) is 0 Å². The number of rotatable bonds is 2. The van der Waals surface area contributed by atoms with Crippen LogP contribution >= 0.6 is 0 Å². The quantitative estimate of drug-likeness (QED) is 0.732. The van der Waals surface area contributed by atoms with Gasteiger partial charge in [-0.15, -0.1) is 0 Å². The lowest BCUT2D eigenvalue weighted by atomic mass is 10.2. The number of esters is 1. The number of aromatic nitrogens is 3. The zero-order valence-electron chi connectivity index (χ0n) is 9.02. The van der Waals surface area contributed by atoms with Gasteiger partial charge >= 0.3 is 5.97 Å². The number of carbonyl (C=O) groups is 1. The van der Waals surface area contributed by atoms with Crippen LogP contribution in [-0.4, -0.2) is 27.8 Å². The van der Waals surface area contributed by atoms with Crippen molar-refractivity contribution in [1.82, 2.24) is 14.8 Å². The Hall–Kier alpha value is -2.24. The Labute approximate surface area is 92.0 Å². The van der Waals surface area contributed by atoms with Crippen molar-refractivity contribution in [1.29, 1.82) is 0 Å². The van der Waals surface area contributed by atoms with E-state index >= 15 is 0 Å². The Morgan fingerprint density at radius 2 is 2.31 bits per heavy atom. The largest absolute Gasteiger partial charge is 0.464 e. The van der Waals surface area contributed by atoms with Gasteiger partial charge < -0.3 is 15.0 Å². The molecule has 16 heavy (non-hydrogen) atoms. The predicted octanol–water partition coefficient (Wildman–Crippen LogP) is 0.784. The van der Waals surface area contributed by atoms with E-state index in [0.29, 0.717) is 11.5 Å². The van der Waals surface area contributed by atoms with E-state index in [1.807, 2.05) is 0 Å². The summed E-state index contributed by atoms with van der Waals surface area (Å²) in [6, 6.07) is 3.43. The van der Waals surface area contributed by atoms with Crippen molar-refractivity contribution < 1.29 is 9.53 Å². The average molecular weight is 220 g/mol. The molecule has 2 heterocycles. The van der Waals surface area contributed by atoms with E-state index in [-0.39, 0.29) is 5.97 Å². The SMILES string of the molecule is COC(=O)c1cc(-c2cc(N)n[nH]2)cn1C. The van der Waals surface area contributed by atoms with Crippen LogP contribution in [0.15, 0.2) is 18.3 Å². The first-order valence-electron chi connectivity index (χ1n) is 4.67. The Balaban J connectivity index is 2.41. The Kier molecular flexibility index (Phi) is 2.40. The van der Waals surface area contributed by atoms with E-state index in [0.717, 1.165) is 11.3 Å². The summed E-state index contributed by atoms with van der Waals surface area (Å²) in [6.45, 7) is 0. The van der Waals surface area contributed by atoms with Gasteiger partial charge in [0.05, 0.1) is 12.8 Å². The molecule has 0 saturated carbocycles. The zero-order chi connectivity index (χ0) is 11.7. The molecule has 0 amide bonds. The minimum atomic E-state index is -0.374. The molecule has 0 unspecified atom stereocenters. The summed E-state index contributed by atoms with van der Waals surface area (Å²) in [7, 11) is 3.12. The number of aromatic amines is 1. The summed E-state index contributed by atoms with van der Waals surface area (Å²) in [5, 5.41) is 6.60. The second-order valence-electron chi connectivity index (χ2n) is 3.42. The molecule has 0 bridgehead atoms. The van der Waals surface area contributed by atoms with Crippen LogP contribution in [0.4, 0.5) is 5.82 Å². The second-order valence-corrected chi connectivity index (χ2v) is 3.42. The molecule has 0 aliphatic carbocycles. The molecule has 0 radical (unpaired) electrons. The number of carbonyl (C=O) groups excluding carboxylic acids is 1. The van der Waals surface area contributed by atoms with E-state index in [4.69, 9.17) is 5.73 Å². The molecule has 6 nitrogen and oxygen atoms in total. The minimum Gasteiger partial charge on any atom is -0.464 e. The van der Waals surface area contributed by atoms with Gasteiger partial charge in [-0.05, 0) is 6.07 Å². The first-order chi connectivity index (χ1) is 7.61. The van der Waals surface area contributed by atoms with Gasteiger partial charge in [-0.25, -0.2) is 4.79 Å². The van der Waals surface area contributed by atoms with E-state index < -0.39 is 0 Å². The normalized spacial score (nSPS) is 10.4. The molecule has 2 aromatic rings. The highest BCUT2D eigenvalue weighted by Crippen LogP contribution is 2.21. The fourth-order valence-corrected chi connectivity index (χ4v) is 1.50. The van der Waals surface area contributed by atoms with Crippen LogP contribution in [0.5, 0.6) is 0 Å². The number of hydrogen-bond acceptors (Lipinski definition) is 4. The van der Waals surface area contributed by atoms with Crippen LogP contribution < -0.4 is 5.73 Å². The second kappa shape index (κ2) is 3.73. The number of H-pyrrole nitrogens is 1. The third-order valence-corrected chi connectivity index (χ3v) is 2.31. The maximum absolute atomic E-state index is 11.4. The van der Waals surface area contributed by atoms with Gasteiger partial charge in [-0.3, -0.25) is 5.10 Å². The Morgan fingerprint density at radius 1 is 1.56 bits per heavy atom. The number of methoxy groups -OCH3 is 1. The molecule has 0 saturated heterocycles. The average Bonchev–Trinajstić information content (AvgIpc) is 2.83. The minimum absolute atomic E-state index is 0.374. The highest BCUT2D eigenvalue weighted by Gasteiger charge is 2.13. The van der Waals surface area contributed by atoms with Crippen LogP contribution in [0.2, 0.25) is 0 Å². The highest BCUT2D eigenvalue weighted by molar-refractivity contribution is 5.89. The van der Waals surface area contributed by atoms with Crippen molar-refractivity contribution in [3.63, 3.8) is 0 Å². The van der Waals surface area contributed by atoms with Gasteiger partial charge in [0, 0.05) is 24.9 Å². The molecule has 0 aliphatic heterocycles. The van der Waals surface area contributed by atoms with E-state index in [2.05, 4.69) is 14.9 Å². The van der Waals surface area contributed by atoms with Crippen LogP contribution in [0, 0.1) is 0 Å². The summed E-state index contributed by atoms with van der Waals surface area (Å²) in [4.78, 5) is 11.4. The van der Waals surface area contributed by atoms with Gasteiger partial charge in [0.2, 0.25) is 0 Å². The molecule has 84 valence electrons. The summed E-state index contributed by atoms with van der Waals surface area (Å²) in [5.41, 5.74) is 7.59. The molecule has 0 aromatic carbocycles. The lowest BCUT2D eigenvalue weighted by Gasteiger charge is -1.98. The van der Waals surface area contributed by atoms with Crippen molar-refractivity contribution in [2.75, 3.05) is 12.8 Å². The first kappa shape index (κ1) is 10.3. The van der Waals surface area contributed by atoms with Gasteiger partial charge in [0.25, 0.3) is 0 Å². The number of nitrogens with two attached hydrogens (primary N) is 1. The number of nitrogens with zero attached hydrogens (tertiary/aromatic N) is 2. The third kappa shape index (κ3) is 1.65. The number of ether oxygens (including phenoxy) is 1. The molecule has 6 heteroatoms. The van der Waals surface area contributed by atoms with Gasteiger partial charge in [0.15, 0.2) is 0 Å². The van der Waals surface area contributed by atoms with E-state index in [1.54, 1.807) is 29.9 Å². The van der Waals surface area contributed by atoms with Crippen LogP contribution in [-0.2, 0) is 11.8 Å². The Bertz CT molecular complexity index is 527. The topological polar surface area (TPSA) is 85.9 Å². The lowest BCUT2D eigenvalue weighted by molar-refractivity contribution is 0.0590. The molecule has 0 aliphatic rings. The molecular formula is C10H12N4O2. The Morgan fingerprint density at radius 3 is 2.88 bits per heavy atom. The molecular weight excluding hydrogens is 208 g/mol. The van der Waals surface area contributed by atoms with Gasteiger partial charge in [-0.2, -0.15) is 5.10 Å². The fraction of sp³-hybridized carbons (Fsp3) is 0.200. The van der Waals surface area contributed by atoms with Crippen LogP contribution in [0.25, 0.3) is 11.3 Å². The lowest BCUT2D eigenvalue weighted by Crippen LogP contribution is -2.06. The standard InChI is InChI=1S/C10H12N4O2/c1-14-5-6(3-8(14)10(15)16-2)7-4-9(11)13-12-7/h3-5H,1-2H3,(H3,11,12,13). The van der Waals surface area contributed by atoms with Crippen LogP contribution in [0.1, 0.15) is 10.5 Å². The zero-order valence-corrected chi connectivity index (χ0v) is 9.02. The molecule has 0 fully saturated rings. The van der Waals surface area contributed by atoms with Crippen molar-refractivity contribution in [3.05, 3.63) is 24.0 Å². The van der Waals surface area contributed by atoms with E-state index in [9.17, 15) is 4.79 Å². The third-order valence-electron chi connectivity index (χ3n) is 2.31. The van der Waals surface area contributed by atoms with Gasteiger partial charge in [0.1, 0.15) is 11.5 Å². The summed E-state index contributed by atoms with van der Waals surface area (Å²) >= 11 is 0. The van der Waals surface area contributed by atoms with Crippen molar-refractivity contribution in [2.24, 2.45) is 7.05 Å². The smallest absolute Gasteiger partial charge is 0.354 e.